The molecule has 3 N–H and O–H groups in total. The average Bonchev–Trinajstić information content (AvgIpc) is 3.12. The largest absolute Gasteiger partial charge is 0.386 e. The molecule has 3 aromatic rings. The number of rotatable bonds is 4. The number of nitrogens with zero attached hydrogens (tertiary/aromatic N) is 1. The molecule has 0 aliphatic rings. The van der Waals surface area contributed by atoms with E-state index in [1.807, 2.05) is 42.6 Å². The molecule has 2 heterocycles. The van der Waals surface area contributed by atoms with Crippen LogP contribution >= 0.6 is 22.7 Å². The van der Waals surface area contributed by atoms with Crippen LogP contribution < -0.4 is 10.6 Å². The lowest BCUT2D eigenvalue weighted by molar-refractivity contribution is 0.178. The summed E-state index contributed by atoms with van der Waals surface area (Å²) in [5, 5.41) is 18.3. The van der Waals surface area contributed by atoms with Crippen LogP contribution in [0.3, 0.4) is 0 Å². The molecular formula is C15H15N3O2S2. The fourth-order valence-corrected chi connectivity index (χ4v) is 3.64. The monoisotopic (exact) mass is 333 g/mol. The maximum Gasteiger partial charge on any atom is 0.319 e. The smallest absolute Gasteiger partial charge is 0.319 e. The van der Waals surface area contributed by atoms with Crippen LogP contribution in [0, 0.1) is 6.92 Å². The van der Waals surface area contributed by atoms with Crippen LogP contribution in [-0.4, -0.2) is 22.7 Å². The third kappa shape index (κ3) is 3.44. The molecular weight excluding hydrogens is 318 g/mol. The molecule has 1 atom stereocenters. The molecule has 0 aliphatic heterocycles. The van der Waals surface area contributed by atoms with Crippen molar-refractivity contribution in [2.24, 2.45) is 0 Å². The number of amides is 2. The third-order valence-electron chi connectivity index (χ3n) is 3.08. The van der Waals surface area contributed by atoms with Gasteiger partial charge < -0.3 is 15.7 Å². The zero-order valence-electron chi connectivity index (χ0n) is 11.9. The first-order valence-corrected chi connectivity index (χ1v) is 8.45. The molecule has 2 aromatic heterocycles. The second kappa shape index (κ2) is 6.43. The molecule has 1 aromatic carbocycles. The van der Waals surface area contributed by atoms with Crippen LogP contribution in [0.1, 0.15) is 16.0 Å². The number of fused-ring (bicyclic) bond motifs is 1. The van der Waals surface area contributed by atoms with Crippen molar-refractivity contribution in [3.63, 3.8) is 0 Å². The van der Waals surface area contributed by atoms with E-state index in [1.165, 1.54) is 11.3 Å². The van der Waals surface area contributed by atoms with Gasteiger partial charge in [-0.25, -0.2) is 9.78 Å². The van der Waals surface area contributed by atoms with Crippen molar-refractivity contribution in [2.45, 2.75) is 13.0 Å². The Kier molecular flexibility index (Phi) is 4.37. The van der Waals surface area contributed by atoms with Crippen LogP contribution in [0.25, 0.3) is 10.2 Å². The summed E-state index contributed by atoms with van der Waals surface area (Å²) in [6, 6.07) is 8.97. The summed E-state index contributed by atoms with van der Waals surface area (Å²) in [5.74, 6) is 0. The summed E-state index contributed by atoms with van der Waals surface area (Å²) >= 11 is 3.05. The summed E-state index contributed by atoms with van der Waals surface area (Å²) in [4.78, 5) is 17.1. The summed E-state index contributed by atoms with van der Waals surface area (Å²) in [6.45, 7) is 2.13. The van der Waals surface area contributed by atoms with Gasteiger partial charge in [-0.3, -0.25) is 0 Å². The fraction of sp³-hybridized carbons (Fsp3) is 0.200. The van der Waals surface area contributed by atoms with Crippen molar-refractivity contribution < 1.29 is 9.90 Å². The Labute approximate surface area is 135 Å². The molecule has 0 spiro atoms. The van der Waals surface area contributed by atoms with Crippen molar-refractivity contribution in [1.29, 1.82) is 0 Å². The number of anilines is 1. The Bertz CT molecular complexity index is 783. The fourth-order valence-electron chi connectivity index (χ4n) is 2.06. The highest BCUT2D eigenvalue weighted by atomic mass is 32.1. The molecule has 7 heteroatoms. The molecule has 2 amide bonds. The van der Waals surface area contributed by atoms with Crippen molar-refractivity contribution in [3.05, 3.63) is 45.6 Å². The first kappa shape index (κ1) is 15.0. The zero-order valence-corrected chi connectivity index (χ0v) is 13.5. The number of nitrogens with one attached hydrogen (secondary N) is 2. The topological polar surface area (TPSA) is 74.2 Å². The van der Waals surface area contributed by atoms with E-state index in [1.54, 1.807) is 11.3 Å². The van der Waals surface area contributed by atoms with Gasteiger partial charge in [0.05, 0.1) is 21.8 Å². The Hall–Kier alpha value is -1.96. The lowest BCUT2D eigenvalue weighted by Gasteiger charge is -2.11. The van der Waals surface area contributed by atoms with Gasteiger partial charge in [0.1, 0.15) is 6.10 Å². The second-order valence-electron chi connectivity index (χ2n) is 4.78. The molecule has 0 fully saturated rings. The number of aliphatic hydroxyl groups is 1. The molecule has 0 saturated carbocycles. The first-order chi connectivity index (χ1) is 10.6. The van der Waals surface area contributed by atoms with Crippen molar-refractivity contribution in [2.75, 3.05) is 11.9 Å². The van der Waals surface area contributed by atoms with Crippen LogP contribution in [0.15, 0.2) is 35.7 Å². The first-order valence-electron chi connectivity index (χ1n) is 6.75. The molecule has 3 rings (SSSR count). The highest BCUT2D eigenvalue weighted by molar-refractivity contribution is 7.18. The molecule has 5 nitrogen and oxygen atoms in total. The number of hydrogen-bond acceptors (Lipinski definition) is 5. The maximum atomic E-state index is 11.9. The lowest BCUT2D eigenvalue weighted by Crippen LogP contribution is -2.32. The summed E-state index contributed by atoms with van der Waals surface area (Å²) in [6.07, 6.45) is -0.683. The number of benzene rings is 1. The number of aliphatic hydroxyl groups excluding tert-OH is 1. The average molecular weight is 333 g/mol. The number of carbonyl (C=O) groups excluding carboxylic acids is 1. The van der Waals surface area contributed by atoms with Gasteiger partial charge in [0, 0.05) is 10.6 Å². The molecule has 22 heavy (non-hydrogen) atoms. The van der Waals surface area contributed by atoms with Crippen LogP contribution in [0.2, 0.25) is 0 Å². The Balaban J connectivity index is 1.58. The Morgan fingerprint density at radius 1 is 1.41 bits per heavy atom. The van der Waals surface area contributed by atoms with Crippen LogP contribution in [-0.2, 0) is 0 Å². The van der Waals surface area contributed by atoms with E-state index >= 15 is 0 Å². The van der Waals surface area contributed by atoms with Gasteiger partial charge in [0.25, 0.3) is 0 Å². The van der Waals surface area contributed by atoms with E-state index in [0.717, 1.165) is 20.1 Å². The number of thiazole rings is 1. The van der Waals surface area contributed by atoms with Crippen LogP contribution in [0.4, 0.5) is 10.5 Å². The minimum Gasteiger partial charge on any atom is -0.386 e. The number of aryl methyl sites for hydroxylation is 1. The zero-order chi connectivity index (χ0) is 15.5. The number of hydrogen-bond donors (Lipinski definition) is 3. The Morgan fingerprint density at radius 2 is 2.27 bits per heavy atom. The van der Waals surface area contributed by atoms with Crippen LogP contribution in [0.5, 0.6) is 0 Å². The van der Waals surface area contributed by atoms with E-state index in [2.05, 4.69) is 15.6 Å². The molecule has 0 radical (unpaired) electrons. The van der Waals surface area contributed by atoms with Crippen molar-refractivity contribution >= 4 is 44.6 Å². The highest BCUT2D eigenvalue weighted by Crippen LogP contribution is 2.24. The minimum atomic E-state index is -0.683. The van der Waals surface area contributed by atoms with Gasteiger partial charge in [-0.05, 0) is 36.6 Å². The number of thiophene rings is 1. The van der Waals surface area contributed by atoms with E-state index in [-0.39, 0.29) is 12.6 Å². The van der Waals surface area contributed by atoms with Crippen molar-refractivity contribution in [3.8, 4) is 0 Å². The maximum absolute atomic E-state index is 11.9. The van der Waals surface area contributed by atoms with Crippen molar-refractivity contribution in [1.82, 2.24) is 10.3 Å². The van der Waals surface area contributed by atoms with Gasteiger partial charge in [0.15, 0.2) is 0 Å². The van der Waals surface area contributed by atoms with Gasteiger partial charge in [0.2, 0.25) is 0 Å². The summed E-state index contributed by atoms with van der Waals surface area (Å²) in [7, 11) is 0. The summed E-state index contributed by atoms with van der Waals surface area (Å²) < 4.78 is 1.04. The van der Waals surface area contributed by atoms with Gasteiger partial charge in [-0.1, -0.05) is 6.07 Å². The number of urea groups is 1. The number of carbonyl (C=O) groups is 1. The van der Waals surface area contributed by atoms with Gasteiger partial charge in [-0.2, -0.15) is 0 Å². The predicted octanol–water partition coefficient (Wildman–Crippen LogP) is 3.52. The second-order valence-corrected chi connectivity index (χ2v) is 7.00. The van der Waals surface area contributed by atoms with E-state index < -0.39 is 6.10 Å². The minimum absolute atomic E-state index is 0.175. The van der Waals surface area contributed by atoms with E-state index in [0.29, 0.717) is 5.69 Å². The molecule has 1 unspecified atom stereocenters. The summed E-state index contributed by atoms with van der Waals surface area (Å²) in [5.41, 5.74) is 1.64. The normalized spacial score (nSPS) is 12.3. The molecule has 0 saturated heterocycles. The SMILES string of the molecule is Cc1nc2ccc(NC(=O)NCC(O)c3cccs3)cc2s1. The molecule has 114 valence electrons. The lowest BCUT2D eigenvalue weighted by atomic mass is 10.3. The Morgan fingerprint density at radius 3 is 3.05 bits per heavy atom. The molecule has 0 bridgehead atoms. The third-order valence-corrected chi connectivity index (χ3v) is 4.99. The predicted molar refractivity (Wildman–Crippen MR) is 90.7 cm³/mol. The standard InChI is InChI=1S/C15H15N3O2S2/c1-9-17-11-5-4-10(7-14(11)22-9)18-15(20)16-8-12(19)13-3-2-6-21-13/h2-7,12,19H,8H2,1H3,(H2,16,18,20). The quantitative estimate of drug-likeness (QED) is 0.684. The highest BCUT2D eigenvalue weighted by Gasteiger charge is 2.10. The van der Waals surface area contributed by atoms with Gasteiger partial charge in [-0.15, -0.1) is 22.7 Å². The van der Waals surface area contributed by atoms with E-state index in [9.17, 15) is 9.90 Å². The van der Waals surface area contributed by atoms with Gasteiger partial charge >= 0.3 is 6.03 Å². The van der Waals surface area contributed by atoms with E-state index in [4.69, 9.17) is 0 Å². The molecule has 0 aliphatic carbocycles. The number of aromatic nitrogens is 1.